The Balaban J connectivity index is 0.000000160. The molecular weight excluding hydrogens is 1470 g/mol. The topological polar surface area (TPSA) is 335 Å². The van der Waals surface area contributed by atoms with Crippen LogP contribution in [0.5, 0.6) is 29.0 Å². The standard InChI is InChI=1S/C26H30N8O3.C15H13ClN4O2.C12H19N3O.C11H11N2O2.C4H2Cl2N2.3CH3.Sn/c1-33-7-9-34(10-8-33)22-3-4-24(32-26(22)35-2)31-25-14-21(29-17-30-25)20-13-18(15-27)23(16-28-20)37-19-5-11-36-12-6-19;16-15-6-13(19-9-20-15)12-5-10(7-17)14(8-18-12)22-11-1-3-21-4-2-11;1-15-7-5-9(6-8-15)10-3-4-11(13)14-12(10)16-2;12-7-9-1-4-13-8-11(9)15-10-2-5-14-6-3-10;5-3-1-4(6)8-2-7-3;;;;/h3-4,13-14,16-17,19H,5-12H2,1-2H3,(H,29,30,31,32);5-6,8-9,11H,1-4H2;3-4,9H,5-8H2,1-2H3,(H2,13,14);1,8,10H,2-3,5-6H2;1-2H;3*1H3;. The first-order chi connectivity index (χ1) is 49.4. The summed E-state index contributed by atoms with van der Waals surface area (Å²) in [5, 5.41) is 32.6. The predicted molar refractivity (Wildman–Crippen MR) is 391 cm³/mol. The van der Waals surface area contributed by atoms with Gasteiger partial charge in [-0.2, -0.15) is 20.5 Å². The van der Waals surface area contributed by atoms with E-state index in [0.717, 1.165) is 100 Å². The van der Waals surface area contributed by atoms with Gasteiger partial charge in [-0.05, 0) is 82.3 Å². The van der Waals surface area contributed by atoms with Gasteiger partial charge in [-0.25, -0.2) is 29.9 Å². The maximum absolute atomic E-state index is 9.69. The van der Waals surface area contributed by atoms with Gasteiger partial charge < -0.3 is 54.2 Å². The van der Waals surface area contributed by atoms with E-state index in [2.05, 4.69) is 128 Å². The number of ether oxygens (including phenoxy) is 8. The summed E-state index contributed by atoms with van der Waals surface area (Å²) in [4.78, 5) is 59.8. The molecule has 536 valence electrons. The summed E-state index contributed by atoms with van der Waals surface area (Å²) in [7, 11) is 7.57. The van der Waals surface area contributed by atoms with Crippen molar-refractivity contribution < 1.29 is 37.9 Å². The number of aromatic nitrogens is 11. The quantitative estimate of drug-likeness (QED) is 0.0711. The number of methoxy groups -OCH3 is 2. The molecule has 0 bridgehead atoms. The van der Waals surface area contributed by atoms with Crippen LogP contribution in [0, 0.1) is 34.0 Å². The number of nitriles is 3. The van der Waals surface area contributed by atoms with Gasteiger partial charge in [0.1, 0.15) is 81.9 Å². The van der Waals surface area contributed by atoms with Crippen LogP contribution in [-0.2, 0) is 14.2 Å². The van der Waals surface area contributed by atoms with E-state index in [0.29, 0.717) is 134 Å². The zero-order valence-corrected chi connectivity index (χ0v) is 63.4. The van der Waals surface area contributed by atoms with Crippen LogP contribution in [0.25, 0.3) is 22.8 Å². The number of nitrogens with zero attached hydrogens (tertiary/aromatic N) is 17. The molecule has 0 unspecified atom stereocenters. The number of pyridine rings is 5. The number of hydrogen-bond donors (Lipinski definition) is 2. The van der Waals surface area contributed by atoms with E-state index in [-0.39, 0.29) is 18.3 Å². The Kier molecular flexibility index (Phi) is 29.7. The third-order valence-electron chi connectivity index (χ3n) is 16.9. The van der Waals surface area contributed by atoms with Gasteiger partial charge in [0.25, 0.3) is 0 Å². The van der Waals surface area contributed by atoms with Crippen molar-refractivity contribution in [3.63, 3.8) is 0 Å². The molecule has 0 aromatic carbocycles. The second kappa shape index (κ2) is 39.1. The number of rotatable bonds is 15. The summed E-state index contributed by atoms with van der Waals surface area (Å²) < 4.78 is 45.8. The number of likely N-dealkylation sites (tertiary alicyclic amines) is 1. The minimum atomic E-state index is -2.22. The molecule has 27 nitrogen and oxygen atoms in total. The summed E-state index contributed by atoms with van der Waals surface area (Å²) in [5.74, 6) is 5.06. The molecule has 8 aromatic heterocycles. The zero-order chi connectivity index (χ0) is 72.4. The Bertz CT molecular complexity index is 4140. The molecule has 5 aliphatic heterocycles. The fourth-order valence-electron chi connectivity index (χ4n) is 11.2. The van der Waals surface area contributed by atoms with E-state index < -0.39 is 18.4 Å². The number of piperidine rings is 1. The summed E-state index contributed by atoms with van der Waals surface area (Å²) >= 11 is 14.4. The van der Waals surface area contributed by atoms with E-state index >= 15 is 0 Å². The van der Waals surface area contributed by atoms with Crippen LogP contribution < -0.4 is 43.3 Å². The van der Waals surface area contributed by atoms with Crippen molar-refractivity contribution in [1.82, 2.24) is 64.6 Å². The Morgan fingerprint density at radius 3 is 1.41 bits per heavy atom. The van der Waals surface area contributed by atoms with Crippen LogP contribution in [0.3, 0.4) is 0 Å². The summed E-state index contributed by atoms with van der Waals surface area (Å²) in [6.45, 7) is 10.3. The van der Waals surface area contributed by atoms with Crippen LogP contribution in [0.4, 0.5) is 23.1 Å². The first-order valence-electron chi connectivity index (χ1n) is 33.5. The first kappa shape index (κ1) is 77.5. The van der Waals surface area contributed by atoms with Gasteiger partial charge in [0.15, 0.2) is 11.5 Å². The SMILES string of the molecule is COc1nc(N)ccc1C1CCN(C)CC1.COc1nc(Nc2cc(-c3cc(C#N)c(OC4CCOCC4)cn3)ncn2)ccc1N1CCN(C)CC1.Clc1cc(Cl)ncn1.N#Cc1cc(-c2cc(Cl)ncn2)ncc1OC1CCOCC1.[CH3][Sn]([CH3])([CH3])[c]1cc(C#N)c(OC2CCOCC2)cn1. The van der Waals surface area contributed by atoms with E-state index in [4.69, 9.17) is 78.4 Å². The van der Waals surface area contributed by atoms with Gasteiger partial charge in [0.05, 0.1) is 86.9 Å². The number of nitrogens with two attached hydrogens (primary N) is 1. The van der Waals surface area contributed by atoms with Crippen molar-refractivity contribution >= 4 is 80.0 Å². The van der Waals surface area contributed by atoms with Gasteiger partial charge in [0, 0.05) is 75.6 Å². The molecule has 0 amide bonds. The first-order valence-corrected chi connectivity index (χ1v) is 44.6. The van der Waals surface area contributed by atoms with Gasteiger partial charge >= 0.3 is 118 Å². The van der Waals surface area contributed by atoms with E-state index in [1.807, 2.05) is 24.3 Å². The number of nitrogen functional groups attached to an aromatic ring is 1. The Morgan fingerprint density at radius 1 is 0.490 bits per heavy atom. The molecule has 5 aliphatic rings. The van der Waals surface area contributed by atoms with E-state index in [1.165, 1.54) is 43.5 Å². The number of anilines is 4. The summed E-state index contributed by atoms with van der Waals surface area (Å²) in [5.41, 5.74) is 11.5. The molecule has 0 atom stereocenters. The maximum atomic E-state index is 9.69. The van der Waals surface area contributed by atoms with Crippen LogP contribution in [0.1, 0.15) is 79.5 Å². The fraction of sp³-hybridized carbons (Fsp3) is 0.437. The van der Waals surface area contributed by atoms with Crippen LogP contribution >= 0.6 is 34.8 Å². The molecule has 0 saturated carbocycles. The normalized spacial score (nSPS) is 16.2. The van der Waals surface area contributed by atoms with Gasteiger partial charge in [-0.15, -0.1) is 0 Å². The van der Waals surface area contributed by atoms with E-state index in [9.17, 15) is 15.8 Å². The Morgan fingerprint density at radius 2 is 0.941 bits per heavy atom. The van der Waals surface area contributed by atoms with E-state index in [1.54, 1.807) is 57.1 Å². The third-order valence-corrected chi connectivity index (χ3v) is 22.7. The average Bonchev–Trinajstić information content (AvgIpc) is 0.840. The molecule has 3 N–H and O–H groups in total. The Hall–Kier alpha value is -8.67. The van der Waals surface area contributed by atoms with Crippen LogP contribution in [0.2, 0.25) is 30.3 Å². The molecule has 102 heavy (non-hydrogen) atoms. The van der Waals surface area contributed by atoms with Crippen LogP contribution in [-0.4, -0.2) is 209 Å². The molecule has 0 radical (unpaired) electrons. The second-order valence-electron chi connectivity index (χ2n) is 25.3. The number of halogens is 3. The second-order valence-corrected chi connectivity index (χ2v) is 40.8. The predicted octanol–water partition coefficient (Wildman–Crippen LogP) is 10.8. The number of piperazine rings is 1. The molecule has 0 aliphatic carbocycles. The summed E-state index contributed by atoms with van der Waals surface area (Å²) in [6, 6.07) is 24.5. The van der Waals surface area contributed by atoms with Crippen molar-refractivity contribution in [3.05, 3.63) is 136 Å². The molecule has 0 spiro atoms. The van der Waals surface area contributed by atoms with Crippen LogP contribution in [0.15, 0.2) is 98.2 Å². The van der Waals surface area contributed by atoms with Gasteiger partial charge in [0.2, 0.25) is 11.8 Å². The van der Waals surface area contributed by atoms with Crippen molar-refractivity contribution in [1.29, 1.82) is 15.8 Å². The van der Waals surface area contributed by atoms with Crippen molar-refractivity contribution in [2.24, 2.45) is 0 Å². The third kappa shape index (κ3) is 23.4. The molecule has 5 saturated heterocycles. The average molecular weight is 1560 g/mol. The van der Waals surface area contributed by atoms with Crippen molar-refractivity contribution in [2.45, 2.75) is 90.4 Å². The summed E-state index contributed by atoms with van der Waals surface area (Å²) in [6.07, 6.45) is 16.5. The molecular formula is C71H84Cl3N19O8Sn. The molecule has 8 aromatic rings. The fourth-order valence-corrected chi connectivity index (χ4v) is 14.6. The van der Waals surface area contributed by atoms with Gasteiger partial charge in [-0.3, -0.25) is 9.97 Å². The molecule has 13 heterocycles. The van der Waals surface area contributed by atoms with Crippen molar-refractivity contribution in [2.75, 3.05) is 123 Å². The van der Waals surface area contributed by atoms with Gasteiger partial charge in [-0.1, -0.05) is 34.8 Å². The zero-order valence-electron chi connectivity index (χ0n) is 58.3. The molecule has 13 rings (SSSR count). The van der Waals surface area contributed by atoms with Crippen molar-refractivity contribution in [3.8, 4) is 70.0 Å². The minimum absolute atomic E-state index is 0.0236. The monoisotopic (exact) mass is 1560 g/mol. The number of likely N-dealkylation sites (N-methyl/N-ethyl adjacent to an activating group) is 1. The number of hydrogen-bond acceptors (Lipinski definition) is 27. The molecule has 5 fully saturated rings. The Labute approximate surface area is 613 Å². The number of nitrogens with one attached hydrogen (secondary N) is 1. The molecule has 31 heteroatoms.